The van der Waals surface area contributed by atoms with Gasteiger partial charge in [0.15, 0.2) is 0 Å². The van der Waals surface area contributed by atoms with Crippen molar-refractivity contribution in [1.82, 2.24) is 10.2 Å². The summed E-state index contributed by atoms with van der Waals surface area (Å²) in [5, 5.41) is 1.97. The fourth-order valence-corrected chi connectivity index (χ4v) is 3.12. The molecule has 0 bridgehead atoms. The zero-order valence-corrected chi connectivity index (χ0v) is 13.2. The van der Waals surface area contributed by atoms with Crippen molar-refractivity contribution in [1.29, 1.82) is 0 Å². The summed E-state index contributed by atoms with van der Waals surface area (Å²) in [5.41, 5.74) is -3.03. The number of carbonyl (C=O) groups excluding carboxylic acids is 3. The third kappa shape index (κ3) is 3.55. The SMILES string of the molecule is O=C1CCC(N2Cc3ccc(OC(F)(F)F)c(C(F)(F)F)c3C2=O)C(=O)N1. The van der Waals surface area contributed by atoms with Gasteiger partial charge in [0.25, 0.3) is 5.91 Å². The molecular weight excluding hydrogens is 386 g/mol. The number of halogens is 6. The van der Waals surface area contributed by atoms with Gasteiger partial charge in [-0.25, -0.2) is 0 Å². The maximum Gasteiger partial charge on any atom is 0.573 e. The third-order valence-corrected chi connectivity index (χ3v) is 4.16. The summed E-state index contributed by atoms with van der Waals surface area (Å²) >= 11 is 0. The third-order valence-electron chi connectivity index (χ3n) is 4.16. The van der Waals surface area contributed by atoms with Gasteiger partial charge in [0.05, 0.1) is 5.56 Å². The average Bonchev–Trinajstić information content (AvgIpc) is 2.81. The average molecular weight is 396 g/mol. The van der Waals surface area contributed by atoms with E-state index in [0.717, 1.165) is 11.0 Å². The van der Waals surface area contributed by atoms with Crippen molar-refractivity contribution in [3.05, 3.63) is 28.8 Å². The van der Waals surface area contributed by atoms with Crippen LogP contribution in [0, 0.1) is 0 Å². The van der Waals surface area contributed by atoms with Gasteiger partial charge in [0.2, 0.25) is 11.8 Å². The first-order valence-corrected chi connectivity index (χ1v) is 7.52. The Kier molecular flexibility index (Phi) is 4.31. The van der Waals surface area contributed by atoms with Crippen molar-refractivity contribution in [2.45, 2.75) is 38.0 Å². The number of benzene rings is 1. The Morgan fingerprint density at radius 2 is 1.74 bits per heavy atom. The van der Waals surface area contributed by atoms with Crippen LogP contribution in [0.4, 0.5) is 26.3 Å². The standard InChI is InChI=1S/C15H10F6N2O4/c16-14(17,18)11-8(27-15(19,20)21)3-1-6-5-23(13(26)10(6)11)7-2-4-9(24)22-12(7)25/h1,3,7H,2,4-5H2,(H,22,24,25). The van der Waals surface area contributed by atoms with Crippen LogP contribution >= 0.6 is 0 Å². The fraction of sp³-hybridized carbons (Fsp3) is 0.400. The van der Waals surface area contributed by atoms with E-state index in [1.54, 1.807) is 0 Å². The van der Waals surface area contributed by atoms with Crippen LogP contribution in [0.1, 0.15) is 34.3 Å². The van der Waals surface area contributed by atoms with Gasteiger partial charge in [0.1, 0.15) is 17.4 Å². The number of imide groups is 1. The van der Waals surface area contributed by atoms with Gasteiger partial charge in [-0.05, 0) is 18.1 Å². The number of piperidine rings is 1. The number of hydrogen-bond donors (Lipinski definition) is 1. The molecule has 2 heterocycles. The second-order valence-electron chi connectivity index (χ2n) is 5.92. The number of ether oxygens (including phenoxy) is 1. The van der Waals surface area contributed by atoms with Crippen molar-refractivity contribution in [3.8, 4) is 5.75 Å². The van der Waals surface area contributed by atoms with E-state index < -0.39 is 59.7 Å². The zero-order chi connectivity index (χ0) is 20.1. The van der Waals surface area contributed by atoms with Gasteiger partial charge in [0, 0.05) is 13.0 Å². The van der Waals surface area contributed by atoms with Crippen LogP contribution in [-0.4, -0.2) is 35.0 Å². The van der Waals surface area contributed by atoms with E-state index in [1.165, 1.54) is 0 Å². The molecule has 0 aromatic heterocycles. The molecule has 1 atom stereocenters. The lowest BCUT2D eigenvalue weighted by atomic mass is 10.0. The molecular formula is C15H10F6N2O4. The monoisotopic (exact) mass is 396 g/mol. The van der Waals surface area contributed by atoms with Gasteiger partial charge in [-0.3, -0.25) is 19.7 Å². The summed E-state index contributed by atoms with van der Waals surface area (Å²) < 4.78 is 81.0. The van der Waals surface area contributed by atoms with Crippen LogP contribution in [0.5, 0.6) is 5.75 Å². The van der Waals surface area contributed by atoms with Crippen LogP contribution in [0.2, 0.25) is 0 Å². The van der Waals surface area contributed by atoms with E-state index in [-0.39, 0.29) is 18.4 Å². The fourth-order valence-electron chi connectivity index (χ4n) is 3.12. The van der Waals surface area contributed by atoms with E-state index in [1.807, 2.05) is 5.32 Å². The Hall–Kier alpha value is -2.79. The molecule has 6 nitrogen and oxygen atoms in total. The van der Waals surface area contributed by atoms with Crippen molar-refractivity contribution >= 4 is 17.7 Å². The Morgan fingerprint density at radius 3 is 2.30 bits per heavy atom. The lowest BCUT2D eigenvalue weighted by Crippen LogP contribution is -2.52. The molecule has 3 rings (SSSR count). The normalized spacial score (nSPS) is 20.6. The summed E-state index contributed by atoms with van der Waals surface area (Å²) in [7, 11) is 0. The van der Waals surface area contributed by atoms with Crippen LogP contribution < -0.4 is 10.1 Å². The maximum atomic E-state index is 13.4. The van der Waals surface area contributed by atoms with E-state index in [9.17, 15) is 40.7 Å². The van der Waals surface area contributed by atoms with Gasteiger partial charge < -0.3 is 9.64 Å². The van der Waals surface area contributed by atoms with Gasteiger partial charge in [-0.2, -0.15) is 13.2 Å². The summed E-state index contributed by atoms with van der Waals surface area (Å²) in [6.45, 7) is -0.407. The molecule has 1 saturated heterocycles. The molecule has 2 aliphatic rings. The topological polar surface area (TPSA) is 75.7 Å². The number of nitrogens with zero attached hydrogens (tertiary/aromatic N) is 1. The predicted octanol–water partition coefficient (Wildman–Crippen LogP) is 2.37. The van der Waals surface area contributed by atoms with Crippen LogP contribution in [0.3, 0.4) is 0 Å². The van der Waals surface area contributed by atoms with Crippen molar-refractivity contribution in [2.24, 2.45) is 0 Å². The lowest BCUT2D eigenvalue weighted by Gasteiger charge is -2.29. The molecule has 0 saturated carbocycles. The largest absolute Gasteiger partial charge is 0.573 e. The lowest BCUT2D eigenvalue weighted by molar-refractivity contribution is -0.276. The van der Waals surface area contributed by atoms with E-state index in [4.69, 9.17) is 0 Å². The first-order chi connectivity index (χ1) is 12.4. The Bertz CT molecular complexity index is 833. The van der Waals surface area contributed by atoms with Crippen LogP contribution in [0.25, 0.3) is 0 Å². The van der Waals surface area contributed by atoms with Gasteiger partial charge in [-0.1, -0.05) is 6.07 Å². The number of nitrogens with one attached hydrogen (secondary N) is 1. The quantitative estimate of drug-likeness (QED) is 0.615. The van der Waals surface area contributed by atoms with E-state index >= 15 is 0 Å². The number of hydrogen-bond acceptors (Lipinski definition) is 4. The van der Waals surface area contributed by atoms with Crippen LogP contribution in [-0.2, 0) is 22.3 Å². The molecule has 1 N–H and O–H groups in total. The molecule has 1 aromatic rings. The van der Waals surface area contributed by atoms with Crippen molar-refractivity contribution < 1.29 is 45.5 Å². The molecule has 1 fully saturated rings. The predicted molar refractivity (Wildman–Crippen MR) is 74.2 cm³/mol. The number of carbonyl (C=O) groups is 3. The van der Waals surface area contributed by atoms with Crippen molar-refractivity contribution in [3.63, 3.8) is 0 Å². The molecule has 0 spiro atoms. The molecule has 2 aliphatic heterocycles. The summed E-state index contributed by atoms with van der Waals surface area (Å²) in [6, 6.07) is 0.196. The zero-order valence-electron chi connectivity index (χ0n) is 13.2. The summed E-state index contributed by atoms with van der Waals surface area (Å²) in [6.07, 6.45) is -10.9. The first-order valence-electron chi connectivity index (χ1n) is 7.52. The molecule has 12 heteroatoms. The molecule has 146 valence electrons. The molecule has 3 amide bonds. The van der Waals surface area contributed by atoms with Crippen molar-refractivity contribution in [2.75, 3.05) is 0 Å². The second-order valence-corrected chi connectivity index (χ2v) is 5.92. The van der Waals surface area contributed by atoms with Gasteiger partial charge in [-0.15, -0.1) is 13.2 Å². The summed E-state index contributed by atoms with van der Waals surface area (Å²) in [4.78, 5) is 36.4. The number of alkyl halides is 6. The molecule has 0 radical (unpaired) electrons. The van der Waals surface area contributed by atoms with E-state index in [0.29, 0.717) is 6.07 Å². The first kappa shape index (κ1) is 19.0. The highest BCUT2D eigenvalue weighted by Gasteiger charge is 2.48. The number of fused-ring (bicyclic) bond motifs is 1. The molecule has 1 unspecified atom stereocenters. The minimum absolute atomic E-state index is 0.0995. The minimum Gasteiger partial charge on any atom is -0.405 e. The highest BCUT2D eigenvalue weighted by Crippen LogP contribution is 2.44. The highest BCUT2D eigenvalue weighted by molar-refractivity contribution is 6.06. The molecule has 27 heavy (non-hydrogen) atoms. The molecule has 0 aliphatic carbocycles. The molecule has 1 aromatic carbocycles. The van der Waals surface area contributed by atoms with Crippen LogP contribution in [0.15, 0.2) is 12.1 Å². The Morgan fingerprint density at radius 1 is 1.07 bits per heavy atom. The second kappa shape index (κ2) is 6.13. The number of rotatable bonds is 2. The Labute approximate surface area is 147 Å². The number of amides is 3. The smallest absolute Gasteiger partial charge is 0.405 e. The highest BCUT2D eigenvalue weighted by atomic mass is 19.4. The minimum atomic E-state index is -5.39. The van der Waals surface area contributed by atoms with Gasteiger partial charge >= 0.3 is 12.5 Å². The summed E-state index contributed by atoms with van der Waals surface area (Å²) in [5.74, 6) is -4.24. The Balaban J connectivity index is 2.03. The maximum absolute atomic E-state index is 13.4. The van der Waals surface area contributed by atoms with E-state index in [2.05, 4.69) is 4.74 Å².